The fourth-order valence-electron chi connectivity index (χ4n) is 6.85. The lowest BCUT2D eigenvalue weighted by Crippen LogP contribution is -2.53. The number of fused-ring (bicyclic) bond motifs is 3. The molecule has 1 amide bonds. The van der Waals surface area contributed by atoms with E-state index in [-0.39, 0.29) is 23.5 Å². The Labute approximate surface area is 226 Å². The normalized spacial score (nSPS) is 22.4. The first-order valence-corrected chi connectivity index (χ1v) is 16.7. The minimum absolute atomic E-state index is 0.00932. The minimum atomic E-state index is -0.959. The third kappa shape index (κ3) is 5.74. The van der Waals surface area contributed by atoms with E-state index < -0.39 is 9.04 Å². The number of para-hydroxylation sites is 1. The fraction of sp³-hybridized carbons (Fsp3) is 0.594. The Morgan fingerprint density at radius 3 is 2.38 bits per heavy atom. The van der Waals surface area contributed by atoms with Crippen LogP contribution >= 0.6 is 0 Å². The van der Waals surface area contributed by atoms with E-state index in [1.165, 1.54) is 31.2 Å². The highest BCUT2D eigenvalue weighted by molar-refractivity contribution is 6.48. The quantitative estimate of drug-likeness (QED) is 0.388. The van der Waals surface area contributed by atoms with Gasteiger partial charge in [0.1, 0.15) is 6.23 Å². The van der Waals surface area contributed by atoms with Gasteiger partial charge in [-0.3, -0.25) is 9.69 Å². The molecule has 0 bridgehead atoms. The molecule has 2 atom stereocenters. The van der Waals surface area contributed by atoms with Crippen molar-refractivity contribution in [2.24, 2.45) is 11.3 Å². The molecule has 1 saturated heterocycles. The van der Waals surface area contributed by atoms with E-state index in [1.54, 1.807) is 11.1 Å². The molecule has 2 aromatic carbocycles. The van der Waals surface area contributed by atoms with E-state index in [4.69, 9.17) is 4.43 Å². The van der Waals surface area contributed by atoms with E-state index >= 15 is 0 Å². The molecule has 37 heavy (non-hydrogen) atoms. The van der Waals surface area contributed by atoms with Gasteiger partial charge >= 0.3 is 0 Å². The largest absolute Gasteiger partial charge is 0.397 e. The first-order valence-electron chi connectivity index (χ1n) is 14.3. The van der Waals surface area contributed by atoms with E-state index in [0.29, 0.717) is 5.41 Å². The molecule has 199 valence electrons. The van der Waals surface area contributed by atoms with Gasteiger partial charge in [-0.15, -0.1) is 0 Å². The Morgan fingerprint density at radius 2 is 1.68 bits per heavy atom. The van der Waals surface area contributed by atoms with Crippen LogP contribution in [0.4, 0.5) is 5.69 Å². The topological polar surface area (TPSA) is 32.8 Å². The smallest absolute Gasteiger partial charge is 0.233 e. The number of nitrogens with zero attached hydrogens (tertiary/aromatic N) is 2. The van der Waals surface area contributed by atoms with Crippen molar-refractivity contribution in [2.75, 3.05) is 24.5 Å². The average Bonchev–Trinajstić information content (AvgIpc) is 3.21. The van der Waals surface area contributed by atoms with Gasteiger partial charge < -0.3 is 9.33 Å². The second-order valence-electron chi connectivity index (χ2n) is 13.1. The van der Waals surface area contributed by atoms with Crippen LogP contribution in [0.5, 0.6) is 0 Å². The predicted octanol–water partition coefficient (Wildman–Crippen LogP) is 6.59. The molecule has 4 nitrogen and oxygen atoms in total. The molecule has 2 heterocycles. The van der Waals surface area contributed by atoms with Gasteiger partial charge in [-0.2, -0.15) is 0 Å². The molecule has 0 aromatic heterocycles. The molecule has 0 N–H and O–H groups in total. The Hall–Kier alpha value is -1.95. The molecular formula is C32H45N2O2Si. The van der Waals surface area contributed by atoms with Crippen LogP contribution in [-0.2, 0) is 27.5 Å². The summed E-state index contributed by atoms with van der Waals surface area (Å²) in [7, 11) is -0.959. The Morgan fingerprint density at radius 1 is 1.00 bits per heavy atom. The van der Waals surface area contributed by atoms with Crippen molar-refractivity contribution in [2.45, 2.75) is 90.5 Å². The van der Waals surface area contributed by atoms with Crippen molar-refractivity contribution < 1.29 is 9.22 Å². The van der Waals surface area contributed by atoms with Crippen LogP contribution in [0.1, 0.15) is 69.6 Å². The standard InChI is InChI=1S/C32H45N2O2Si/c1-31(2,3)16-15-29(36-37(4)5)34-28-13-9-7-11-25(28)22-26(30(34)35)23-33-20-18-32(19-21-33)17-14-24-10-6-8-12-27(24)32/h6-13,26,29H,14-23H2,1-5H3. The summed E-state index contributed by atoms with van der Waals surface area (Å²) in [5.41, 5.74) is 6.06. The average molecular weight is 518 g/mol. The van der Waals surface area contributed by atoms with Gasteiger partial charge in [0.2, 0.25) is 14.9 Å². The maximum absolute atomic E-state index is 14.2. The number of hydrogen-bond acceptors (Lipinski definition) is 3. The van der Waals surface area contributed by atoms with Crippen molar-refractivity contribution >= 4 is 20.6 Å². The second kappa shape index (κ2) is 10.7. The molecule has 5 rings (SSSR count). The minimum Gasteiger partial charge on any atom is -0.397 e. The number of anilines is 1. The third-order valence-electron chi connectivity index (χ3n) is 8.86. The number of piperidine rings is 1. The van der Waals surface area contributed by atoms with Crippen molar-refractivity contribution in [3.05, 3.63) is 65.2 Å². The monoisotopic (exact) mass is 517 g/mol. The van der Waals surface area contributed by atoms with Crippen LogP contribution in [0.3, 0.4) is 0 Å². The molecule has 1 aliphatic carbocycles. The summed E-state index contributed by atoms with van der Waals surface area (Å²) < 4.78 is 6.54. The van der Waals surface area contributed by atoms with Gasteiger partial charge in [-0.05, 0) is 105 Å². The second-order valence-corrected chi connectivity index (χ2v) is 15.1. The highest BCUT2D eigenvalue weighted by atomic mass is 28.3. The number of amides is 1. The number of carbonyl (C=O) groups excluding carboxylic acids is 1. The molecule has 1 fully saturated rings. The van der Waals surface area contributed by atoms with Gasteiger partial charge in [-0.25, -0.2) is 0 Å². The molecule has 0 saturated carbocycles. The SMILES string of the molecule is C[Si](C)OC(CCC(C)(C)C)N1C(=O)C(CN2CCC3(CCc4ccccc43)CC2)Cc2ccccc21. The summed E-state index contributed by atoms with van der Waals surface area (Å²) in [4.78, 5) is 18.8. The highest BCUT2D eigenvalue weighted by Crippen LogP contribution is 2.46. The van der Waals surface area contributed by atoms with Gasteiger partial charge in [0.05, 0.1) is 5.92 Å². The van der Waals surface area contributed by atoms with Crippen LogP contribution in [0.25, 0.3) is 0 Å². The number of rotatable bonds is 7. The summed E-state index contributed by atoms with van der Waals surface area (Å²) in [5, 5.41) is 0. The molecule has 2 unspecified atom stereocenters. The maximum Gasteiger partial charge on any atom is 0.233 e. The zero-order valence-corrected chi connectivity index (χ0v) is 24.6. The van der Waals surface area contributed by atoms with Gasteiger partial charge in [0, 0.05) is 12.2 Å². The third-order valence-corrected chi connectivity index (χ3v) is 9.60. The van der Waals surface area contributed by atoms with Gasteiger partial charge in [0.15, 0.2) is 0 Å². The van der Waals surface area contributed by atoms with Crippen LogP contribution in [0.2, 0.25) is 13.1 Å². The summed E-state index contributed by atoms with van der Waals surface area (Å²) in [6.07, 6.45) is 7.47. The molecule has 5 heteroatoms. The summed E-state index contributed by atoms with van der Waals surface area (Å²) >= 11 is 0. The number of aryl methyl sites for hydroxylation is 1. The lowest BCUT2D eigenvalue weighted by atomic mass is 9.73. The van der Waals surface area contributed by atoms with Crippen LogP contribution in [0.15, 0.2) is 48.5 Å². The van der Waals surface area contributed by atoms with E-state index in [9.17, 15) is 4.79 Å². The van der Waals surface area contributed by atoms with Gasteiger partial charge in [0.25, 0.3) is 0 Å². The number of hydrogen-bond donors (Lipinski definition) is 0. The molecule has 1 spiro atoms. The number of benzene rings is 2. The van der Waals surface area contributed by atoms with Crippen molar-refractivity contribution in [3.8, 4) is 0 Å². The van der Waals surface area contributed by atoms with E-state index in [2.05, 4.69) is 87.3 Å². The Balaban J connectivity index is 1.32. The highest BCUT2D eigenvalue weighted by Gasteiger charge is 2.43. The van der Waals surface area contributed by atoms with Crippen LogP contribution in [-0.4, -0.2) is 45.7 Å². The number of likely N-dealkylation sites (tertiary alicyclic amines) is 1. The molecule has 2 aliphatic heterocycles. The maximum atomic E-state index is 14.2. The number of carbonyl (C=O) groups is 1. The van der Waals surface area contributed by atoms with E-state index in [0.717, 1.165) is 44.6 Å². The first kappa shape index (κ1) is 26.6. The summed E-state index contributed by atoms with van der Waals surface area (Å²) in [6.45, 7) is 14.2. The predicted molar refractivity (Wildman–Crippen MR) is 154 cm³/mol. The Kier molecular flexibility index (Phi) is 7.68. The zero-order chi connectivity index (χ0) is 26.2. The lowest BCUT2D eigenvalue weighted by Gasteiger charge is -2.44. The fourth-order valence-corrected chi connectivity index (χ4v) is 7.62. The van der Waals surface area contributed by atoms with Crippen LogP contribution in [0, 0.1) is 11.3 Å². The van der Waals surface area contributed by atoms with Crippen molar-refractivity contribution in [1.82, 2.24) is 4.90 Å². The van der Waals surface area contributed by atoms with Gasteiger partial charge in [-0.1, -0.05) is 63.2 Å². The Bertz CT molecular complexity index is 1100. The van der Waals surface area contributed by atoms with Crippen molar-refractivity contribution in [3.63, 3.8) is 0 Å². The van der Waals surface area contributed by atoms with Crippen molar-refractivity contribution in [1.29, 1.82) is 0 Å². The zero-order valence-electron chi connectivity index (χ0n) is 23.6. The summed E-state index contributed by atoms with van der Waals surface area (Å²) in [6, 6.07) is 17.6. The van der Waals surface area contributed by atoms with Crippen LogP contribution < -0.4 is 4.90 Å². The molecule has 1 radical (unpaired) electrons. The van der Waals surface area contributed by atoms with E-state index in [1.807, 2.05) is 4.90 Å². The molecule has 2 aromatic rings. The lowest BCUT2D eigenvalue weighted by molar-refractivity contribution is -0.125. The first-order chi connectivity index (χ1) is 17.7. The molecule has 3 aliphatic rings. The molecular weight excluding hydrogens is 472 g/mol. The summed E-state index contributed by atoms with van der Waals surface area (Å²) in [5.74, 6) is 0.247.